The summed E-state index contributed by atoms with van der Waals surface area (Å²) in [5.74, 6) is -3.28. The number of carbonyl (C=O) groups is 1. The van der Waals surface area contributed by atoms with Gasteiger partial charge in [-0.15, -0.1) is 0 Å². The molecule has 0 bridgehead atoms. The summed E-state index contributed by atoms with van der Waals surface area (Å²) in [6, 6.07) is 10.8. The number of anilines is 2. The summed E-state index contributed by atoms with van der Waals surface area (Å²) in [5, 5.41) is 9.86. The third-order valence-electron chi connectivity index (χ3n) is 5.91. The van der Waals surface area contributed by atoms with Crippen LogP contribution in [0.15, 0.2) is 60.7 Å². The molecule has 0 saturated heterocycles. The molecule has 0 heterocycles. The second-order valence-corrected chi connectivity index (χ2v) is 9.13. The van der Waals surface area contributed by atoms with Crippen LogP contribution in [0.4, 0.5) is 42.1 Å². The van der Waals surface area contributed by atoms with Gasteiger partial charge >= 0.3 is 18.3 Å². The number of rotatable bonds is 7. The highest BCUT2D eigenvalue weighted by Crippen LogP contribution is 2.41. The van der Waals surface area contributed by atoms with Crippen molar-refractivity contribution in [3.8, 4) is 11.1 Å². The number of aliphatic carboxylic acids is 1. The molecule has 1 atom stereocenters. The number of alkyl halides is 6. The van der Waals surface area contributed by atoms with Crippen LogP contribution in [0.2, 0.25) is 0 Å². The first-order valence-corrected chi connectivity index (χ1v) is 11.2. The van der Waals surface area contributed by atoms with E-state index in [9.17, 15) is 40.6 Å². The number of carboxylic acids is 1. The van der Waals surface area contributed by atoms with E-state index in [1.807, 2.05) is 13.8 Å². The highest BCUT2D eigenvalue weighted by atomic mass is 19.4. The van der Waals surface area contributed by atoms with Crippen LogP contribution in [-0.4, -0.2) is 18.1 Å². The predicted octanol–water partition coefficient (Wildman–Crippen LogP) is 8.51. The molecule has 0 fully saturated rings. The van der Waals surface area contributed by atoms with Crippen LogP contribution in [0.3, 0.4) is 0 Å². The van der Waals surface area contributed by atoms with Gasteiger partial charge in [0.25, 0.3) is 0 Å². The Morgan fingerprint density at radius 2 is 1.49 bits per heavy atom. The summed E-state index contributed by atoms with van der Waals surface area (Å²) in [6.45, 7) is 3.63. The lowest BCUT2D eigenvalue weighted by Gasteiger charge is -2.26. The van der Waals surface area contributed by atoms with Gasteiger partial charge in [0.05, 0.1) is 22.7 Å². The minimum Gasteiger partial charge on any atom is -0.481 e. The zero-order valence-corrected chi connectivity index (χ0v) is 20.1. The minimum absolute atomic E-state index is 0.0362. The smallest absolute Gasteiger partial charge is 0.418 e. The van der Waals surface area contributed by atoms with Crippen molar-refractivity contribution in [3.05, 3.63) is 83.2 Å². The molecule has 3 nitrogen and oxygen atoms in total. The molecular formula is C27H24F7NO2. The van der Waals surface area contributed by atoms with Gasteiger partial charge in [-0.1, -0.05) is 32.0 Å². The van der Waals surface area contributed by atoms with Gasteiger partial charge in [0.2, 0.25) is 0 Å². The number of halogens is 7. The summed E-state index contributed by atoms with van der Waals surface area (Å²) in [7, 11) is 1.32. The van der Waals surface area contributed by atoms with Crippen molar-refractivity contribution in [1.29, 1.82) is 0 Å². The fourth-order valence-corrected chi connectivity index (χ4v) is 4.07. The first-order chi connectivity index (χ1) is 17.1. The van der Waals surface area contributed by atoms with Crippen molar-refractivity contribution in [2.24, 2.45) is 5.92 Å². The van der Waals surface area contributed by atoms with Crippen LogP contribution in [0, 0.1) is 11.7 Å². The van der Waals surface area contributed by atoms with E-state index >= 15 is 0 Å². The second-order valence-electron chi connectivity index (χ2n) is 9.13. The molecule has 0 aromatic heterocycles. The molecule has 0 aliphatic carbocycles. The van der Waals surface area contributed by atoms with E-state index in [0.717, 1.165) is 29.2 Å². The van der Waals surface area contributed by atoms with Crippen molar-refractivity contribution >= 4 is 17.3 Å². The van der Waals surface area contributed by atoms with Crippen LogP contribution in [0.25, 0.3) is 11.1 Å². The quantitative estimate of drug-likeness (QED) is 0.313. The second kappa shape index (κ2) is 10.4. The monoisotopic (exact) mass is 527 g/mol. The van der Waals surface area contributed by atoms with Crippen LogP contribution in [0.5, 0.6) is 0 Å². The third kappa shape index (κ3) is 6.61. The van der Waals surface area contributed by atoms with Crippen LogP contribution >= 0.6 is 0 Å². The van der Waals surface area contributed by atoms with Crippen molar-refractivity contribution in [3.63, 3.8) is 0 Å². The first kappa shape index (κ1) is 28.0. The van der Waals surface area contributed by atoms with Crippen LogP contribution in [-0.2, 0) is 17.1 Å². The van der Waals surface area contributed by atoms with Crippen LogP contribution in [0.1, 0.15) is 42.9 Å². The lowest BCUT2D eigenvalue weighted by atomic mass is 9.88. The lowest BCUT2D eigenvalue weighted by molar-refractivity contribution is -0.139. The fourth-order valence-electron chi connectivity index (χ4n) is 4.07. The predicted molar refractivity (Wildman–Crippen MR) is 126 cm³/mol. The summed E-state index contributed by atoms with van der Waals surface area (Å²) < 4.78 is 93.8. The van der Waals surface area contributed by atoms with Crippen LogP contribution < -0.4 is 4.90 Å². The molecule has 0 aliphatic heterocycles. The van der Waals surface area contributed by atoms with Gasteiger partial charge in [-0.3, -0.25) is 4.79 Å². The average Bonchev–Trinajstić information content (AvgIpc) is 2.80. The maximum absolute atomic E-state index is 13.7. The van der Waals surface area contributed by atoms with Gasteiger partial charge in [0.1, 0.15) is 5.82 Å². The average molecular weight is 527 g/mol. The van der Waals surface area contributed by atoms with E-state index in [1.54, 1.807) is 0 Å². The number of nitrogens with zero attached hydrogens (tertiary/aromatic N) is 1. The largest absolute Gasteiger partial charge is 0.481 e. The Bertz CT molecular complexity index is 1270. The zero-order valence-electron chi connectivity index (χ0n) is 20.1. The van der Waals surface area contributed by atoms with Gasteiger partial charge in [0.15, 0.2) is 0 Å². The van der Waals surface area contributed by atoms with E-state index in [0.29, 0.717) is 17.2 Å². The summed E-state index contributed by atoms with van der Waals surface area (Å²) in [4.78, 5) is 13.2. The molecule has 0 aliphatic rings. The highest BCUT2D eigenvalue weighted by molar-refractivity contribution is 5.80. The molecule has 198 valence electrons. The highest BCUT2D eigenvalue weighted by Gasteiger charge is 2.35. The molecule has 37 heavy (non-hydrogen) atoms. The topological polar surface area (TPSA) is 40.5 Å². The van der Waals surface area contributed by atoms with Crippen molar-refractivity contribution in [1.82, 2.24) is 0 Å². The molecule has 10 heteroatoms. The number of hydrogen-bond donors (Lipinski definition) is 1. The Labute approximate surface area is 209 Å². The van der Waals surface area contributed by atoms with E-state index in [2.05, 4.69) is 0 Å². The van der Waals surface area contributed by atoms with Gasteiger partial charge in [-0.05, 0) is 71.5 Å². The zero-order chi connectivity index (χ0) is 27.7. The van der Waals surface area contributed by atoms with Crippen molar-refractivity contribution in [2.75, 3.05) is 11.9 Å². The standard InChI is InChI=1S/C27H24F7NO2/c1-15(2)10-22(25(36)37)18-11-17(16-4-6-19(7-5-16)26(29,30)31)12-21(13-18)35(3)24-9-8-20(28)14-23(24)27(32,33)34/h4-9,11-15,22H,10H2,1-3H3,(H,36,37). The summed E-state index contributed by atoms with van der Waals surface area (Å²) >= 11 is 0. The van der Waals surface area contributed by atoms with Gasteiger partial charge in [-0.25, -0.2) is 4.39 Å². The Hall–Kier alpha value is -3.56. The summed E-state index contributed by atoms with van der Waals surface area (Å²) in [6.07, 6.45) is -9.21. The summed E-state index contributed by atoms with van der Waals surface area (Å²) in [5.41, 5.74) is -1.43. The van der Waals surface area contributed by atoms with Gasteiger partial charge in [0, 0.05) is 12.7 Å². The Morgan fingerprint density at radius 1 is 0.865 bits per heavy atom. The number of benzene rings is 3. The number of hydrogen-bond acceptors (Lipinski definition) is 2. The van der Waals surface area contributed by atoms with Crippen molar-refractivity contribution in [2.45, 2.75) is 38.5 Å². The molecule has 3 aromatic rings. The third-order valence-corrected chi connectivity index (χ3v) is 5.91. The number of carboxylic acid groups (broad SMARTS) is 1. The molecule has 0 amide bonds. The SMILES string of the molecule is CC(C)CC(C(=O)O)c1cc(-c2ccc(C(F)(F)F)cc2)cc(N(C)c2ccc(F)cc2C(F)(F)F)c1. The maximum atomic E-state index is 13.7. The molecule has 1 N–H and O–H groups in total. The Morgan fingerprint density at radius 3 is 2.00 bits per heavy atom. The molecule has 0 radical (unpaired) electrons. The first-order valence-electron chi connectivity index (χ1n) is 11.2. The van der Waals surface area contributed by atoms with E-state index in [-0.39, 0.29) is 29.3 Å². The fraction of sp³-hybridized carbons (Fsp3) is 0.296. The Kier molecular flexibility index (Phi) is 7.90. The van der Waals surface area contributed by atoms with Crippen molar-refractivity contribution < 1.29 is 40.6 Å². The molecule has 3 aromatic carbocycles. The van der Waals surface area contributed by atoms with Gasteiger partial charge < -0.3 is 10.0 Å². The Balaban J connectivity index is 2.21. The van der Waals surface area contributed by atoms with E-state index in [1.165, 1.54) is 37.4 Å². The van der Waals surface area contributed by atoms with E-state index < -0.39 is 41.2 Å². The minimum atomic E-state index is -4.87. The molecule has 0 spiro atoms. The lowest BCUT2D eigenvalue weighted by Crippen LogP contribution is -2.18. The van der Waals surface area contributed by atoms with Gasteiger partial charge in [-0.2, -0.15) is 26.3 Å². The molecular weight excluding hydrogens is 503 g/mol. The normalized spacial score (nSPS) is 13.1. The maximum Gasteiger partial charge on any atom is 0.418 e. The molecule has 1 unspecified atom stereocenters. The molecule has 3 rings (SSSR count). The molecule has 0 saturated carbocycles. The van der Waals surface area contributed by atoms with E-state index in [4.69, 9.17) is 0 Å².